The zero-order valence-electron chi connectivity index (χ0n) is 10.8. The zero-order chi connectivity index (χ0) is 13.7. The molecule has 5 nitrogen and oxygen atoms in total. The fraction of sp³-hybridized carbons (Fsp3) is 0.462. The molecule has 19 heavy (non-hydrogen) atoms. The quantitative estimate of drug-likeness (QED) is 0.861. The number of hydrazone groups is 1. The normalized spacial score (nSPS) is 16.0. The van der Waals surface area contributed by atoms with Gasteiger partial charge >= 0.3 is 0 Å². The molecule has 0 spiro atoms. The second-order valence-corrected chi connectivity index (χ2v) is 4.95. The fourth-order valence-corrected chi connectivity index (χ4v) is 2.21. The number of aromatic hydroxyl groups is 1. The van der Waals surface area contributed by atoms with Crippen LogP contribution in [0.4, 0.5) is 0 Å². The monoisotopic (exact) mass is 328 g/mol. The molecule has 1 aromatic carbocycles. The van der Waals surface area contributed by atoms with Gasteiger partial charge in [0.1, 0.15) is 0 Å². The minimum absolute atomic E-state index is 0.116. The highest BCUT2D eigenvalue weighted by Gasteiger charge is 2.09. The standard InChI is InChI=1S/C13H17BrN2O3/c1-2-19-12-8-10(7-11(14)13(12)17)9-15-16-3-5-18-6-4-16/h7-9,17H,2-6H2,1H3. The SMILES string of the molecule is CCOc1cc(C=NN2CCOCC2)cc(Br)c1O. The molecule has 0 atom stereocenters. The van der Waals surface area contributed by atoms with Crippen molar-refractivity contribution in [1.82, 2.24) is 5.01 Å². The number of phenols is 1. The van der Waals surface area contributed by atoms with Crippen molar-refractivity contribution in [2.75, 3.05) is 32.9 Å². The molecular formula is C13H17BrN2O3. The Morgan fingerprint density at radius 1 is 1.47 bits per heavy atom. The second kappa shape index (κ2) is 6.77. The molecule has 0 bridgehead atoms. The molecule has 1 aliphatic heterocycles. The highest BCUT2D eigenvalue weighted by atomic mass is 79.9. The van der Waals surface area contributed by atoms with E-state index in [9.17, 15) is 5.11 Å². The van der Waals surface area contributed by atoms with Crippen molar-refractivity contribution < 1.29 is 14.6 Å². The number of hydrogen-bond donors (Lipinski definition) is 1. The topological polar surface area (TPSA) is 54.3 Å². The molecule has 6 heteroatoms. The summed E-state index contributed by atoms with van der Waals surface area (Å²) < 4.78 is 11.2. The highest BCUT2D eigenvalue weighted by molar-refractivity contribution is 9.10. The van der Waals surface area contributed by atoms with Crippen LogP contribution in [-0.4, -0.2) is 49.2 Å². The van der Waals surface area contributed by atoms with Gasteiger partial charge in [0.2, 0.25) is 0 Å². The molecule has 0 aromatic heterocycles. The first kappa shape index (κ1) is 14.1. The van der Waals surface area contributed by atoms with E-state index in [2.05, 4.69) is 21.0 Å². The summed E-state index contributed by atoms with van der Waals surface area (Å²) in [5.74, 6) is 0.575. The number of benzene rings is 1. The summed E-state index contributed by atoms with van der Waals surface area (Å²) in [6, 6.07) is 3.58. The Kier molecular flexibility index (Phi) is 5.04. The third-order valence-corrected chi connectivity index (χ3v) is 3.31. The molecule has 1 saturated heterocycles. The van der Waals surface area contributed by atoms with Crippen LogP contribution in [0.3, 0.4) is 0 Å². The molecular weight excluding hydrogens is 312 g/mol. The molecule has 0 aliphatic carbocycles. The fourth-order valence-electron chi connectivity index (χ4n) is 1.75. The van der Waals surface area contributed by atoms with Gasteiger partial charge in [-0.05, 0) is 40.5 Å². The van der Waals surface area contributed by atoms with Crippen molar-refractivity contribution in [3.05, 3.63) is 22.2 Å². The average molecular weight is 329 g/mol. The Balaban J connectivity index is 2.13. The Hall–Kier alpha value is -1.27. The van der Waals surface area contributed by atoms with Gasteiger partial charge in [0.15, 0.2) is 11.5 Å². The van der Waals surface area contributed by atoms with Gasteiger partial charge in [-0.2, -0.15) is 5.10 Å². The number of hydrogen-bond acceptors (Lipinski definition) is 5. The maximum absolute atomic E-state index is 9.83. The van der Waals surface area contributed by atoms with Crippen molar-refractivity contribution >= 4 is 22.1 Å². The summed E-state index contributed by atoms with van der Waals surface area (Å²) in [6.07, 6.45) is 1.76. The largest absolute Gasteiger partial charge is 0.503 e. The van der Waals surface area contributed by atoms with Gasteiger partial charge < -0.3 is 14.6 Å². The predicted molar refractivity (Wildman–Crippen MR) is 77.0 cm³/mol. The van der Waals surface area contributed by atoms with E-state index in [-0.39, 0.29) is 5.75 Å². The van der Waals surface area contributed by atoms with Crippen molar-refractivity contribution in [2.45, 2.75) is 6.92 Å². The lowest BCUT2D eigenvalue weighted by Gasteiger charge is -2.23. The van der Waals surface area contributed by atoms with Gasteiger partial charge in [0, 0.05) is 0 Å². The van der Waals surface area contributed by atoms with E-state index in [1.54, 1.807) is 12.3 Å². The molecule has 1 heterocycles. The van der Waals surface area contributed by atoms with Gasteiger partial charge in [-0.1, -0.05) is 0 Å². The Morgan fingerprint density at radius 2 is 2.21 bits per heavy atom. The Morgan fingerprint density at radius 3 is 2.89 bits per heavy atom. The Labute approximate surface area is 120 Å². The van der Waals surface area contributed by atoms with E-state index >= 15 is 0 Å². The minimum Gasteiger partial charge on any atom is -0.503 e. The molecule has 0 saturated carbocycles. The summed E-state index contributed by atoms with van der Waals surface area (Å²) >= 11 is 3.31. The van der Waals surface area contributed by atoms with Gasteiger partial charge in [-0.15, -0.1) is 0 Å². The molecule has 0 radical (unpaired) electrons. The summed E-state index contributed by atoms with van der Waals surface area (Å²) in [4.78, 5) is 0. The van der Waals surface area contributed by atoms with E-state index in [0.29, 0.717) is 30.0 Å². The highest BCUT2D eigenvalue weighted by Crippen LogP contribution is 2.35. The third kappa shape index (κ3) is 3.84. The third-order valence-electron chi connectivity index (χ3n) is 2.71. The van der Waals surface area contributed by atoms with Gasteiger partial charge in [0.25, 0.3) is 0 Å². The van der Waals surface area contributed by atoms with E-state index in [0.717, 1.165) is 18.7 Å². The van der Waals surface area contributed by atoms with Gasteiger partial charge in [0.05, 0.1) is 43.6 Å². The number of morpholine rings is 1. The predicted octanol–water partition coefficient (Wildman–Crippen LogP) is 2.22. The molecule has 104 valence electrons. The average Bonchev–Trinajstić information content (AvgIpc) is 2.43. The maximum Gasteiger partial charge on any atom is 0.172 e. The lowest BCUT2D eigenvalue weighted by molar-refractivity contribution is 0.0397. The lowest BCUT2D eigenvalue weighted by atomic mass is 10.2. The van der Waals surface area contributed by atoms with Gasteiger partial charge in [-0.25, -0.2) is 0 Å². The summed E-state index contributed by atoms with van der Waals surface area (Å²) in [5.41, 5.74) is 0.875. The number of ether oxygens (including phenoxy) is 2. The van der Waals surface area contributed by atoms with Gasteiger partial charge in [-0.3, -0.25) is 5.01 Å². The van der Waals surface area contributed by atoms with Crippen molar-refractivity contribution in [1.29, 1.82) is 0 Å². The van der Waals surface area contributed by atoms with Crippen LogP contribution in [0.2, 0.25) is 0 Å². The first-order valence-corrected chi connectivity index (χ1v) is 7.02. The molecule has 1 aromatic rings. The van der Waals surface area contributed by atoms with Crippen LogP contribution < -0.4 is 4.74 Å². The van der Waals surface area contributed by atoms with Crippen molar-refractivity contribution in [2.24, 2.45) is 5.10 Å². The molecule has 0 unspecified atom stereocenters. The molecule has 2 rings (SSSR count). The first-order chi connectivity index (χ1) is 9.20. The van der Waals surface area contributed by atoms with Crippen LogP contribution in [0.25, 0.3) is 0 Å². The zero-order valence-corrected chi connectivity index (χ0v) is 12.4. The number of phenolic OH excluding ortho intramolecular Hbond substituents is 1. The summed E-state index contributed by atoms with van der Waals surface area (Å²) in [7, 11) is 0. The van der Waals surface area contributed by atoms with Crippen LogP contribution in [0.1, 0.15) is 12.5 Å². The second-order valence-electron chi connectivity index (χ2n) is 4.09. The molecule has 1 fully saturated rings. The maximum atomic E-state index is 9.83. The molecule has 1 N–H and O–H groups in total. The lowest BCUT2D eigenvalue weighted by Crippen LogP contribution is -2.32. The number of nitrogens with zero attached hydrogens (tertiary/aromatic N) is 2. The molecule has 1 aliphatic rings. The van der Waals surface area contributed by atoms with Crippen molar-refractivity contribution in [3.8, 4) is 11.5 Å². The van der Waals surface area contributed by atoms with E-state index < -0.39 is 0 Å². The first-order valence-electron chi connectivity index (χ1n) is 6.22. The van der Waals surface area contributed by atoms with Crippen LogP contribution in [0.15, 0.2) is 21.7 Å². The summed E-state index contributed by atoms with van der Waals surface area (Å²) in [5, 5.41) is 16.2. The van der Waals surface area contributed by atoms with E-state index in [1.807, 2.05) is 18.0 Å². The van der Waals surface area contributed by atoms with E-state index in [4.69, 9.17) is 9.47 Å². The summed E-state index contributed by atoms with van der Waals surface area (Å²) in [6.45, 7) is 5.40. The van der Waals surface area contributed by atoms with Crippen LogP contribution in [0, 0.1) is 0 Å². The van der Waals surface area contributed by atoms with Crippen LogP contribution >= 0.6 is 15.9 Å². The van der Waals surface area contributed by atoms with Crippen LogP contribution in [0.5, 0.6) is 11.5 Å². The smallest absolute Gasteiger partial charge is 0.172 e. The minimum atomic E-state index is 0.116. The number of halogens is 1. The Bertz CT molecular complexity index is 459. The molecule has 0 amide bonds. The van der Waals surface area contributed by atoms with E-state index in [1.165, 1.54) is 0 Å². The van der Waals surface area contributed by atoms with Crippen molar-refractivity contribution in [3.63, 3.8) is 0 Å². The van der Waals surface area contributed by atoms with Crippen LogP contribution in [-0.2, 0) is 4.74 Å². The number of rotatable bonds is 4.